The van der Waals surface area contributed by atoms with Crippen LogP contribution < -0.4 is 0 Å². The number of fused-ring (bicyclic) bond motifs is 3. The number of rotatable bonds is 6. The van der Waals surface area contributed by atoms with Crippen molar-refractivity contribution in [3.05, 3.63) is 43.5 Å². The van der Waals surface area contributed by atoms with Gasteiger partial charge in [0.25, 0.3) is 0 Å². The first kappa shape index (κ1) is 17.0. The van der Waals surface area contributed by atoms with E-state index in [4.69, 9.17) is 0 Å². The molecule has 0 fully saturated rings. The molecule has 0 aliphatic rings. The van der Waals surface area contributed by atoms with Gasteiger partial charge in [-0.15, -0.1) is 0 Å². The van der Waals surface area contributed by atoms with Crippen LogP contribution in [0.15, 0.2) is 36.4 Å². The van der Waals surface area contributed by atoms with E-state index in [-0.39, 0.29) is 0 Å². The Bertz CT molecular complexity index is 735. The van der Waals surface area contributed by atoms with Gasteiger partial charge >= 0.3 is 0 Å². The molecule has 1 heterocycles. The lowest BCUT2D eigenvalue weighted by Crippen LogP contribution is -1.97. The number of unbranched alkanes of at least 4 members (excludes halogenated alkanes) is 3. The molecule has 1 nitrogen and oxygen atoms in total. The van der Waals surface area contributed by atoms with Crippen molar-refractivity contribution in [3.63, 3.8) is 0 Å². The maximum absolute atomic E-state index is 3.51. The van der Waals surface area contributed by atoms with Gasteiger partial charge in [0.2, 0.25) is 0 Å². The summed E-state index contributed by atoms with van der Waals surface area (Å²) < 4.78 is 5.12. The summed E-state index contributed by atoms with van der Waals surface area (Å²) in [6, 6.07) is 13.6. The van der Waals surface area contributed by atoms with E-state index in [0.29, 0.717) is 0 Å². The van der Waals surface area contributed by atoms with Gasteiger partial charge in [0, 0.05) is 40.8 Å². The fourth-order valence-corrected chi connectivity index (χ4v) is 4.39. The molecule has 1 aromatic heterocycles. The van der Waals surface area contributed by atoms with E-state index >= 15 is 0 Å². The molecule has 0 atom stereocenters. The van der Waals surface area contributed by atoms with Gasteiger partial charge < -0.3 is 4.57 Å². The van der Waals surface area contributed by atoms with Crippen molar-refractivity contribution in [3.8, 4) is 0 Å². The van der Waals surface area contributed by atoms with Gasteiger partial charge in [0.15, 0.2) is 0 Å². The smallest absolute Gasteiger partial charge is 0.0492 e. The number of alkyl halides is 1. The summed E-state index contributed by atoms with van der Waals surface area (Å²) in [7, 11) is 0. The third-order valence-electron chi connectivity index (χ3n) is 4.05. The number of hydrogen-bond donors (Lipinski definition) is 0. The van der Waals surface area contributed by atoms with E-state index in [1.54, 1.807) is 0 Å². The minimum atomic E-state index is 1.11. The lowest BCUT2D eigenvalue weighted by Gasteiger charge is -2.07. The third kappa shape index (κ3) is 3.64. The van der Waals surface area contributed by atoms with Gasteiger partial charge in [-0.2, -0.15) is 0 Å². The van der Waals surface area contributed by atoms with Crippen molar-refractivity contribution >= 4 is 82.9 Å². The summed E-state index contributed by atoms with van der Waals surface area (Å²) in [5, 5.41) is 3.90. The highest BCUT2D eigenvalue weighted by molar-refractivity contribution is 14.1. The summed E-state index contributed by atoms with van der Waals surface area (Å²) in [5.41, 5.74) is 2.75. The van der Waals surface area contributed by atoms with Crippen LogP contribution in [-0.4, -0.2) is 9.90 Å². The molecule has 3 aromatic rings. The van der Waals surface area contributed by atoms with Gasteiger partial charge in [0.1, 0.15) is 0 Å². The molecule has 0 aliphatic carbocycles. The van der Waals surface area contributed by atoms with Crippen molar-refractivity contribution < 1.29 is 0 Å². The maximum Gasteiger partial charge on any atom is 0.0492 e. The van der Waals surface area contributed by atoms with Crippen LogP contribution >= 0.6 is 61.1 Å². The zero-order chi connectivity index (χ0) is 15.5. The average Bonchev–Trinajstić information content (AvgIpc) is 2.80. The third-order valence-corrected chi connectivity index (χ3v) is 5.96. The Hall–Kier alpha value is 0.180. The van der Waals surface area contributed by atoms with Gasteiger partial charge in [-0.05, 0) is 94.4 Å². The standard InChI is InChI=1S/C18H18BrI2N/c19-9-3-1-2-4-10-22-17-7-5-13(20)11-15(17)16-12-14(21)6-8-18(16)22/h5-8,11-12H,1-4,9-10H2. The molecule has 3 rings (SSSR count). The minimum Gasteiger partial charge on any atom is -0.340 e. The monoisotopic (exact) mass is 581 g/mol. The summed E-state index contributed by atoms with van der Waals surface area (Å²) in [5.74, 6) is 0. The number of benzene rings is 2. The van der Waals surface area contributed by atoms with Crippen molar-refractivity contribution in [1.29, 1.82) is 0 Å². The lowest BCUT2D eigenvalue weighted by atomic mass is 10.2. The second kappa shape index (κ2) is 7.83. The fraction of sp³-hybridized carbons (Fsp3) is 0.333. The van der Waals surface area contributed by atoms with Gasteiger partial charge in [-0.25, -0.2) is 0 Å². The van der Waals surface area contributed by atoms with Crippen molar-refractivity contribution in [2.24, 2.45) is 0 Å². The largest absolute Gasteiger partial charge is 0.340 e. The van der Waals surface area contributed by atoms with E-state index in [1.807, 2.05) is 0 Å². The second-order valence-electron chi connectivity index (χ2n) is 5.58. The first-order chi connectivity index (χ1) is 10.7. The molecule has 0 bridgehead atoms. The highest BCUT2D eigenvalue weighted by atomic mass is 127. The van der Waals surface area contributed by atoms with Crippen LogP contribution in [0.1, 0.15) is 25.7 Å². The molecule has 116 valence electrons. The lowest BCUT2D eigenvalue weighted by molar-refractivity contribution is 0.605. The molecule has 22 heavy (non-hydrogen) atoms. The van der Waals surface area contributed by atoms with Gasteiger partial charge in [-0.3, -0.25) is 0 Å². The molecule has 0 amide bonds. The molecule has 0 unspecified atom stereocenters. The van der Waals surface area contributed by atoms with Crippen LogP contribution in [0.3, 0.4) is 0 Å². The Morgan fingerprint density at radius 3 is 1.86 bits per heavy atom. The summed E-state index contributed by atoms with van der Waals surface area (Å²) in [6.45, 7) is 1.11. The Balaban J connectivity index is 1.99. The Kier molecular flexibility index (Phi) is 6.06. The first-order valence-electron chi connectivity index (χ1n) is 7.63. The molecule has 0 saturated heterocycles. The first-order valence-corrected chi connectivity index (χ1v) is 10.9. The van der Waals surface area contributed by atoms with Crippen LogP contribution in [-0.2, 0) is 6.54 Å². The predicted molar refractivity (Wildman–Crippen MR) is 117 cm³/mol. The quantitative estimate of drug-likeness (QED) is 0.168. The number of aromatic nitrogens is 1. The molecule has 0 N–H and O–H groups in total. The Morgan fingerprint density at radius 2 is 1.32 bits per heavy atom. The topological polar surface area (TPSA) is 4.93 Å². The van der Waals surface area contributed by atoms with Crippen LogP contribution in [0.25, 0.3) is 21.8 Å². The highest BCUT2D eigenvalue weighted by Gasteiger charge is 2.11. The molecule has 0 saturated carbocycles. The molecular weight excluding hydrogens is 564 g/mol. The number of hydrogen-bond acceptors (Lipinski definition) is 0. The van der Waals surface area contributed by atoms with Crippen LogP contribution in [0.2, 0.25) is 0 Å². The van der Waals surface area contributed by atoms with Crippen LogP contribution in [0.5, 0.6) is 0 Å². The highest BCUT2D eigenvalue weighted by Crippen LogP contribution is 2.31. The van der Waals surface area contributed by atoms with E-state index in [0.717, 1.165) is 11.9 Å². The predicted octanol–water partition coefficient (Wildman–Crippen LogP) is 6.96. The molecule has 0 aliphatic heterocycles. The van der Waals surface area contributed by atoms with Gasteiger partial charge in [-0.1, -0.05) is 28.8 Å². The van der Waals surface area contributed by atoms with E-state index in [9.17, 15) is 0 Å². The fourth-order valence-electron chi connectivity index (χ4n) is 3.01. The second-order valence-corrected chi connectivity index (χ2v) is 8.86. The summed E-state index contributed by atoms with van der Waals surface area (Å²) in [4.78, 5) is 0. The zero-order valence-electron chi connectivity index (χ0n) is 12.3. The Labute approximate surface area is 167 Å². The normalized spacial score (nSPS) is 11.6. The van der Waals surface area contributed by atoms with E-state index < -0.39 is 0 Å². The molecule has 0 radical (unpaired) electrons. The number of nitrogens with zero attached hydrogens (tertiary/aromatic N) is 1. The number of aryl methyl sites for hydroxylation is 1. The molecule has 4 heteroatoms. The van der Waals surface area contributed by atoms with Crippen LogP contribution in [0.4, 0.5) is 0 Å². The summed E-state index contributed by atoms with van der Waals surface area (Å²) in [6.07, 6.45) is 5.16. The maximum atomic E-state index is 3.51. The van der Waals surface area contributed by atoms with Crippen molar-refractivity contribution in [2.45, 2.75) is 32.2 Å². The summed E-state index contributed by atoms with van der Waals surface area (Å²) >= 11 is 8.33. The van der Waals surface area contributed by atoms with E-state index in [1.165, 1.54) is 54.6 Å². The number of halogens is 3. The SMILES string of the molecule is BrCCCCCCn1c2ccc(I)cc2c2cc(I)ccc21. The van der Waals surface area contributed by atoms with Crippen molar-refractivity contribution in [1.82, 2.24) is 4.57 Å². The van der Waals surface area contributed by atoms with Gasteiger partial charge in [0.05, 0.1) is 0 Å². The molecule has 2 aromatic carbocycles. The average molecular weight is 582 g/mol. The zero-order valence-corrected chi connectivity index (χ0v) is 18.2. The van der Waals surface area contributed by atoms with Crippen LogP contribution in [0, 0.1) is 7.14 Å². The molecule has 0 spiro atoms. The minimum absolute atomic E-state index is 1.11. The van der Waals surface area contributed by atoms with Crippen molar-refractivity contribution in [2.75, 3.05) is 5.33 Å². The Morgan fingerprint density at radius 1 is 0.773 bits per heavy atom. The molecular formula is C18H18BrI2N. The van der Waals surface area contributed by atoms with E-state index in [2.05, 4.69) is 102 Å².